The van der Waals surface area contributed by atoms with Gasteiger partial charge in [0.05, 0.1) is 18.5 Å². The third-order valence-corrected chi connectivity index (χ3v) is 5.33. The fourth-order valence-electron chi connectivity index (χ4n) is 3.50. The molecule has 33 heavy (non-hydrogen) atoms. The average molecular weight is 452 g/mol. The van der Waals surface area contributed by atoms with Gasteiger partial charge in [0.25, 0.3) is 5.91 Å². The Hall–Kier alpha value is -3.34. The number of aromatic nitrogens is 1. The highest BCUT2D eigenvalue weighted by molar-refractivity contribution is 6.04. The Morgan fingerprint density at radius 2 is 1.76 bits per heavy atom. The molecule has 9 nitrogen and oxygen atoms in total. The first kappa shape index (κ1) is 22.8. The number of carbonyl (C=O) groups is 1. The van der Waals surface area contributed by atoms with E-state index in [2.05, 4.69) is 10.3 Å². The van der Waals surface area contributed by atoms with Gasteiger partial charge in [-0.25, -0.2) is 0 Å². The molecule has 5 N–H and O–H groups in total. The lowest BCUT2D eigenvalue weighted by Crippen LogP contribution is -2.60. The lowest BCUT2D eigenvalue weighted by molar-refractivity contribution is -0.277. The number of aliphatic hydroxyl groups excluding tert-OH is 4. The molecule has 0 radical (unpaired) electrons. The lowest BCUT2D eigenvalue weighted by Gasteiger charge is -2.39. The van der Waals surface area contributed by atoms with Crippen LogP contribution in [0, 0.1) is 0 Å². The van der Waals surface area contributed by atoms with E-state index in [-0.39, 0.29) is 5.91 Å². The van der Waals surface area contributed by atoms with Gasteiger partial charge in [0, 0.05) is 11.8 Å². The van der Waals surface area contributed by atoms with Crippen LogP contribution >= 0.6 is 0 Å². The molecule has 1 fully saturated rings. The highest BCUT2D eigenvalue weighted by atomic mass is 16.7. The number of anilines is 1. The van der Waals surface area contributed by atoms with Gasteiger partial charge in [0.1, 0.15) is 30.2 Å². The third-order valence-electron chi connectivity index (χ3n) is 5.33. The topological polar surface area (TPSA) is 141 Å². The molecule has 1 aliphatic rings. The fourth-order valence-corrected chi connectivity index (χ4v) is 3.50. The molecule has 172 valence electrons. The van der Waals surface area contributed by atoms with Crippen LogP contribution in [0.3, 0.4) is 0 Å². The van der Waals surface area contributed by atoms with Crippen molar-refractivity contribution in [2.45, 2.75) is 30.7 Å². The molecule has 3 aromatic rings. The van der Waals surface area contributed by atoms with Crippen LogP contribution in [-0.4, -0.2) is 68.6 Å². The number of hydrogen-bond acceptors (Lipinski definition) is 8. The summed E-state index contributed by atoms with van der Waals surface area (Å²) in [7, 11) is 0. The number of pyridine rings is 1. The van der Waals surface area contributed by atoms with E-state index in [1.54, 1.807) is 67.0 Å². The minimum Gasteiger partial charge on any atom is -0.462 e. The number of nitrogens with zero attached hydrogens (tertiary/aromatic N) is 1. The number of carbonyl (C=O) groups excluding carboxylic acids is 1. The maximum atomic E-state index is 12.6. The second-order valence-electron chi connectivity index (χ2n) is 7.62. The van der Waals surface area contributed by atoms with Crippen LogP contribution in [0.2, 0.25) is 0 Å². The molecule has 0 aliphatic carbocycles. The van der Waals surface area contributed by atoms with E-state index in [4.69, 9.17) is 9.47 Å². The molecule has 0 unspecified atom stereocenters. The van der Waals surface area contributed by atoms with Crippen LogP contribution < -0.4 is 10.1 Å². The Labute approximate surface area is 189 Å². The summed E-state index contributed by atoms with van der Waals surface area (Å²) in [6, 6.07) is 17.5. The summed E-state index contributed by atoms with van der Waals surface area (Å²) in [6.07, 6.45) is -3.57. The van der Waals surface area contributed by atoms with Gasteiger partial charge in [0.2, 0.25) is 6.29 Å². The van der Waals surface area contributed by atoms with E-state index in [9.17, 15) is 25.2 Å². The van der Waals surface area contributed by atoms with E-state index in [1.807, 2.05) is 6.07 Å². The maximum Gasteiger partial charge on any atom is 0.255 e. The lowest BCUT2D eigenvalue weighted by atomic mass is 9.99. The summed E-state index contributed by atoms with van der Waals surface area (Å²) in [4.78, 5) is 16.5. The summed E-state index contributed by atoms with van der Waals surface area (Å²) in [5, 5.41) is 42.0. The molecule has 1 saturated heterocycles. The standard InChI is InChI=1S/C24H24N2O7/c27-13-19-20(28)21(29)22(30)24(33-19)32-18-8-6-14(7-9-18)15-3-1-4-16(11-15)23(31)26-17-5-2-10-25-12-17/h1-12,19-22,24,27-30H,13H2,(H,26,31)/t19-,20-,21+,22+,24+/m1/s1. The van der Waals surface area contributed by atoms with Gasteiger partial charge in [-0.05, 0) is 47.5 Å². The molecular formula is C24H24N2O7. The molecule has 2 aromatic carbocycles. The first-order valence-electron chi connectivity index (χ1n) is 10.4. The van der Waals surface area contributed by atoms with Gasteiger partial charge < -0.3 is 35.2 Å². The van der Waals surface area contributed by atoms with E-state index in [0.29, 0.717) is 17.0 Å². The Balaban J connectivity index is 1.45. The Morgan fingerprint density at radius 3 is 2.45 bits per heavy atom. The molecular weight excluding hydrogens is 428 g/mol. The number of amides is 1. The number of benzene rings is 2. The minimum atomic E-state index is -1.51. The van der Waals surface area contributed by atoms with Crippen molar-refractivity contribution in [1.82, 2.24) is 4.98 Å². The van der Waals surface area contributed by atoms with Crippen LogP contribution in [0.5, 0.6) is 5.75 Å². The van der Waals surface area contributed by atoms with Gasteiger partial charge in [-0.2, -0.15) is 0 Å². The number of rotatable bonds is 6. The molecule has 5 atom stereocenters. The van der Waals surface area contributed by atoms with Crippen molar-refractivity contribution >= 4 is 11.6 Å². The van der Waals surface area contributed by atoms with Crippen LogP contribution in [0.15, 0.2) is 73.1 Å². The highest BCUT2D eigenvalue weighted by Gasteiger charge is 2.44. The van der Waals surface area contributed by atoms with E-state index in [1.165, 1.54) is 0 Å². The number of ether oxygens (including phenoxy) is 2. The normalized spacial score (nSPS) is 24.8. The Morgan fingerprint density at radius 1 is 0.970 bits per heavy atom. The van der Waals surface area contributed by atoms with Gasteiger partial charge in [-0.3, -0.25) is 9.78 Å². The summed E-state index contributed by atoms with van der Waals surface area (Å²) >= 11 is 0. The number of nitrogens with one attached hydrogen (secondary N) is 1. The maximum absolute atomic E-state index is 12.6. The van der Waals surface area contributed by atoms with Crippen molar-refractivity contribution in [3.63, 3.8) is 0 Å². The molecule has 0 saturated carbocycles. The summed E-state index contributed by atoms with van der Waals surface area (Å²) in [5.41, 5.74) is 2.72. The van der Waals surface area contributed by atoms with Crippen LogP contribution in [0.25, 0.3) is 11.1 Å². The van der Waals surface area contributed by atoms with Crippen LogP contribution in [-0.2, 0) is 4.74 Å². The van der Waals surface area contributed by atoms with Crippen molar-refractivity contribution in [3.8, 4) is 16.9 Å². The second kappa shape index (κ2) is 10.1. The van der Waals surface area contributed by atoms with Gasteiger partial charge >= 0.3 is 0 Å². The van der Waals surface area contributed by atoms with Crippen molar-refractivity contribution in [1.29, 1.82) is 0 Å². The number of aliphatic hydroxyl groups is 4. The SMILES string of the molecule is O=C(Nc1cccnc1)c1cccc(-c2ccc(O[C@H]3O[C@H](CO)[C@@H](O)[C@H](O)[C@@H]3O)cc2)c1. The molecule has 4 rings (SSSR count). The van der Waals surface area contributed by atoms with Gasteiger partial charge in [0.15, 0.2) is 0 Å². The smallest absolute Gasteiger partial charge is 0.255 e. The molecule has 0 bridgehead atoms. The quantitative estimate of drug-likeness (QED) is 0.375. The van der Waals surface area contributed by atoms with E-state index < -0.39 is 37.3 Å². The first-order chi connectivity index (χ1) is 16.0. The highest BCUT2D eigenvalue weighted by Crippen LogP contribution is 2.27. The van der Waals surface area contributed by atoms with Gasteiger partial charge in [-0.15, -0.1) is 0 Å². The predicted octanol–water partition coefficient (Wildman–Crippen LogP) is 1.18. The summed E-state index contributed by atoms with van der Waals surface area (Å²) in [5.74, 6) is 0.0981. The van der Waals surface area contributed by atoms with Crippen molar-refractivity contribution in [3.05, 3.63) is 78.6 Å². The average Bonchev–Trinajstić information content (AvgIpc) is 2.85. The van der Waals surface area contributed by atoms with E-state index >= 15 is 0 Å². The molecule has 1 amide bonds. The molecule has 9 heteroatoms. The molecule has 0 spiro atoms. The van der Waals surface area contributed by atoms with Crippen molar-refractivity contribution in [2.75, 3.05) is 11.9 Å². The van der Waals surface area contributed by atoms with Crippen molar-refractivity contribution < 1.29 is 34.7 Å². The second-order valence-corrected chi connectivity index (χ2v) is 7.62. The molecule has 2 heterocycles. The zero-order chi connectivity index (χ0) is 23.4. The first-order valence-corrected chi connectivity index (χ1v) is 10.4. The zero-order valence-electron chi connectivity index (χ0n) is 17.5. The van der Waals surface area contributed by atoms with Crippen LogP contribution in [0.1, 0.15) is 10.4 Å². The Bertz CT molecular complexity index is 1080. The van der Waals surface area contributed by atoms with Crippen molar-refractivity contribution in [2.24, 2.45) is 0 Å². The summed E-state index contributed by atoms with van der Waals surface area (Å²) in [6.45, 7) is -0.533. The third kappa shape index (κ3) is 5.19. The predicted molar refractivity (Wildman–Crippen MR) is 118 cm³/mol. The largest absolute Gasteiger partial charge is 0.462 e. The monoisotopic (exact) mass is 452 g/mol. The molecule has 1 aliphatic heterocycles. The van der Waals surface area contributed by atoms with Crippen LogP contribution in [0.4, 0.5) is 5.69 Å². The minimum absolute atomic E-state index is 0.257. The zero-order valence-corrected chi connectivity index (χ0v) is 17.5. The molecule has 1 aromatic heterocycles. The van der Waals surface area contributed by atoms with Gasteiger partial charge in [-0.1, -0.05) is 24.3 Å². The Kier molecular flexibility index (Phi) is 6.97. The number of hydrogen-bond donors (Lipinski definition) is 5. The fraction of sp³-hybridized carbons (Fsp3) is 0.250. The summed E-state index contributed by atoms with van der Waals surface area (Å²) < 4.78 is 11.0. The van der Waals surface area contributed by atoms with E-state index in [0.717, 1.165) is 11.1 Å².